The van der Waals surface area contributed by atoms with Crippen LogP contribution in [0.25, 0.3) is 0 Å². The molecule has 2 N–H and O–H groups in total. The van der Waals surface area contributed by atoms with Crippen molar-refractivity contribution in [3.05, 3.63) is 79.8 Å². The number of hydrogen-bond acceptors (Lipinski definition) is 3. The highest BCUT2D eigenvalue weighted by atomic mass is 35.5. The number of nitrogens with zero attached hydrogens (tertiary/aromatic N) is 1. The molecule has 5 nitrogen and oxygen atoms in total. The number of ether oxygens (including phenoxy) is 1. The number of imidazole rings is 1. The lowest BCUT2D eigenvalue weighted by atomic mass is 10.1. The van der Waals surface area contributed by atoms with Crippen LogP contribution in [0, 0.1) is 0 Å². The van der Waals surface area contributed by atoms with Crippen LogP contribution in [0.3, 0.4) is 0 Å². The van der Waals surface area contributed by atoms with Crippen LogP contribution in [-0.4, -0.2) is 21.8 Å². The smallest absolute Gasteiger partial charge is 0.328 e. The molecule has 2 aromatic carbocycles. The van der Waals surface area contributed by atoms with Crippen molar-refractivity contribution in [2.24, 2.45) is 0 Å². The first-order chi connectivity index (χ1) is 13.0. The first-order valence-corrected chi connectivity index (χ1v) is 9.31. The molecule has 0 aliphatic carbocycles. The second-order valence-corrected chi connectivity index (χ2v) is 7.08. The first kappa shape index (κ1) is 19.4. The van der Waals surface area contributed by atoms with Crippen LogP contribution >= 0.6 is 23.2 Å². The number of aromatic amines is 1. The molecule has 27 heavy (non-hydrogen) atoms. The SMILES string of the molecule is COc1ccc(CCCc2[nH]c(=O)n(Cc3ccc(Cl)c(Cl)c3)c2O)cc1. The molecule has 0 atom stereocenters. The molecule has 0 amide bonds. The summed E-state index contributed by atoms with van der Waals surface area (Å²) in [6.07, 6.45) is 2.21. The van der Waals surface area contributed by atoms with Gasteiger partial charge in [-0.05, 0) is 54.7 Å². The van der Waals surface area contributed by atoms with Crippen molar-refractivity contribution >= 4 is 23.2 Å². The van der Waals surface area contributed by atoms with E-state index in [0.717, 1.165) is 24.2 Å². The van der Waals surface area contributed by atoms with Gasteiger partial charge < -0.3 is 14.8 Å². The second kappa shape index (κ2) is 8.55. The Morgan fingerprint density at radius 3 is 2.41 bits per heavy atom. The number of benzene rings is 2. The number of hydrogen-bond donors (Lipinski definition) is 2. The number of aromatic hydroxyl groups is 1. The van der Waals surface area contributed by atoms with Gasteiger partial charge in [0.05, 0.1) is 29.4 Å². The molecule has 1 heterocycles. The maximum atomic E-state index is 12.2. The average molecular weight is 407 g/mol. The Morgan fingerprint density at radius 1 is 1.04 bits per heavy atom. The number of methoxy groups -OCH3 is 1. The summed E-state index contributed by atoms with van der Waals surface area (Å²) in [6.45, 7) is 0.219. The molecule has 3 rings (SSSR count). The van der Waals surface area contributed by atoms with E-state index < -0.39 is 0 Å². The van der Waals surface area contributed by atoms with Crippen LogP contribution in [0.1, 0.15) is 23.2 Å². The van der Waals surface area contributed by atoms with Crippen LogP contribution in [0.2, 0.25) is 10.0 Å². The molecule has 0 aliphatic heterocycles. The van der Waals surface area contributed by atoms with Crippen LogP contribution < -0.4 is 10.4 Å². The number of nitrogens with one attached hydrogen (secondary N) is 1. The van der Waals surface area contributed by atoms with E-state index in [1.807, 2.05) is 24.3 Å². The summed E-state index contributed by atoms with van der Waals surface area (Å²) >= 11 is 11.9. The number of aromatic nitrogens is 2. The van der Waals surface area contributed by atoms with E-state index in [-0.39, 0.29) is 18.1 Å². The molecule has 0 aliphatic rings. The van der Waals surface area contributed by atoms with Crippen molar-refractivity contribution in [3.63, 3.8) is 0 Å². The molecule has 0 saturated heterocycles. The Labute approximate surface area is 167 Å². The van der Waals surface area contributed by atoms with Crippen molar-refractivity contribution in [2.45, 2.75) is 25.8 Å². The molecule has 0 unspecified atom stereocenters. The summed E-state index contributed by atoms with van der Waals surface area (Å²) in [4.78, 5) is 14.9. The van der Waals surface area contributed by atoms with E-state index in [1.165, 1.54) is 10.1 Å². The standard InChI is InChI=1S/C20H20Cl2N2O3/c1-27-15-8-5-13(6-9-15)3-2-4-18-19(25)24(20(26)23-18)12-14-7-10-16(21)17(22)11-14/h5-11,25H,2-4,12H2,1H3,(H,23,26). The fourth-order valence-electron chi connectivity index (χ4n) is 2.91. The lowest BCUT2D eigenvalue weighted by molar-refractivity contribution is 0.414. The Balaban J connectivity index is 1.65. The van der Waals surface area contributed by atoms with E-state index >= 15 is 0 Å². The first-order valence-electron chi connectivity index (χ1n) is 8.55. The molecular weight excluding hydrogens is 387 g/mol. The molecule has 0 radical (unpaired) electrons. The Hall–Kier alpha value is -2.37. The van der Waals surface area contributed by atoms with Gasteiger partial charge in [-0.1, -0.05) is 41.4 Å². The zero-order chi connectivity index (χ0) is 19.4. The predicted molar refractivity (Wildman–Crippen MR) is 107 cm³/mol. The normalized spacial score (nSPS) is 10.9. The molecule has 0 bridgehead atoms. The number of halogens is 2. The minimum absolute atomic E-state index is 0.0409. The zero-order valence-corrected chi connectivity index (χ0v) is 16.3. The number of H-pyrrole nitrogens is 1. The summed E-state index contributed by atoms with van der Waals surface area (Å²) in [6, 6.07) is 13.0. The largest absolute Gasteiger partial charge is 0.497 e. The molecule has 1 aromatic heterocycles. The van der Waals surface area contributed by atoms with Gasteiger partial charge in [0.2, 0.25) is 5.88 Å². The summed E-state index contributed by atoms with van der Waals surface area (Å²) in [7, 11) is 1.64. The highest BCUT2D eigenvalue weighted by Crippen LogP contribution is 2.24. The molecule has 7 heteroatoms. The van der Waals surface area contributed by atoms with Crippen molar-refractivity contribution in [1.29, 1.82) is 0 Å². The highest BCUT2D eigenvalue weighted by molar-refractivity contribution is 6.42. The Morgan fingerprint density at radius 2 is 1.74 bits per heavy atom. The fourth-order valence-corrected chi connectivity index (χ4v) is 3.24. The van der Waals surface area contributed by atoms with E-state index in [2.05, 4.69) is 4.98 Å². The van der Waals surface area contributed by atoms with Crippen LogP contribution in [0.5, 0.6) is 11.6 Å². The average Bonchev–Trinajstić information content (AvgIpc) is 2.93. The van der Waals surface area contributed by atoms with Gasteiger partial charge in [0.25, 0.3) is 0 Å². The second-order valence-electron chi connectivity index (χ2n) is 6.27. The zero-order valence-electron chi connectivity index (χ0n) is 14.8. The molecule has 0 saturated carbocycles. The third-order valence-corrected chi connectivity index (χ3v) is 5.14. The number of rotatable bonds is 7. The van der Waals surface area contributed by atoms with Gasteiger partial charge in [0.1, 0.15) is 5.75 Å². The summed E-state index contributed by atoms with van der Waals surface area (Å²) in [5, 5.41) is 11.3. The number of aryl methyl sites for hydroxylation is 2. The van der Waals surface area contributed by atoms with Crippen LogP contribution in [0.15, 0.2) is 47.3 Å². The van der Waals surface area contributed by atoms with Crippen molar-refractivity contribution < 1.29 is 9.84 Å². The molecule has 0 spiro atoms. The monoisotopic (exact) mass is 406 g/mol. The highest BCUT2D eigenvalue weighted by Gasteiger charge is 2.13. The molecular formula is C20H20Cl2N2O3. The van der Waals surface area contributed by atoms with Crippen LogP contribution in [0.4, 0.5) is 0 Å². The third-order valence-electron chi connectivity index (χ3n) is 4.40. The van der Waals surface area contributed by atoms with Crippen LogP contribution in [-0.2, 0) is 19.4 Å². The van der Waals surface area contributed by atoms with Gasteiger partial charge in [-0.25, -0.2) is 4.79 Å². The van der Waals surface area contributed by atoms with Gasteiger partial charge in [-0.3, -0.25) is 4.57 Å². The summed E-state index contributed by atoms with van der Waals surface area (Å²) in [5.41, 5.74) is 2.14. The van der Waals surface area contributed by atoms with E-state index in [4.69, 9.17) is 27.9 Å². The van der Waals surface area contributed by atoms with E-state index in [0.29, 0.717) is 22.2 Å². The fraction of sp³-hybridized carbons (Fsp3) is 0.250. The summed E-state index contributed by atoms with van der Waals surface area (Å²) < 4.78 is 6.44. The van der Waals surface area contributed by atoms with E-state index in [9.17, 15) is 9.90 Å². The van der Waals surface area contributed by atoms with Gasteiger partial charge >= 0.3 is 5.69 Å². The minimum atomic E-state index is -0.349. The van der Waals surface area contributed by atoms with Gasteiger partial charge in [-0.15, -0.1) is 0 Å². The maximum Gasteiger partial charge on any atom is 0.328 e. The Kier molecular flexibility index (Phi) is 6.14. The lowest BCUT2D eigenvalue weighted by Crippen LogP contribution is -2.17. The van der Waals surface area contributed by atoms with Crippen molar-refractivity contribution in [2.75, 3.05) is 7.11 Å². The van der Waals surface area contributed by atoms with Crippen molar-refractivity contribution in [3.8, 4) is 11.6 Å². The van der Waals surface area contributed by atoms with Gasteiger partial charge in [-0.2, -0.15) is 0 Å². The van der Waals surface area contributed by atoms with Gasteiger partial charge in [0.15, 0.2) is 0 Å². The van der Waals surface area contributed by atoms with Gasteiger partial charge in [0, 0.05) is 0 Å². The van der Waals surface area contributed by atoms with E-state index in [1.54, 1.807) is 25.3 Å². The third kappa shape index (κ3) is 4.67. The van der Waals surface area contributed by atoms with Crippen molar-refractivity contribution in [1.82, 2.24) is 9.55 Å². The molecule has 142 valence electrons. The Bertz CT molecular complexity index is 978. The predicted octanol–water partition coefficient (Wildman–Crippen LogP) is 4.42. The minimum Gasteiger partial charge on any atom is -0.497 e. The topological polar surface area (TPSA) is 67.2 Å². The summed E-state index contributed by atoms with van der Waals surface area (Å²) in [5.74, 6) is 0.779. The maximum absolute atomic E-state index is 12.2. The molecule has 3 aromatic rings. The quantitative estimate of drug-likeness (QED) is 0.609. The molecule has 0 fully saturated rings. The lowest BCUT2D eigenvalue weighted by Gasteiger charge is -2.06.